The number of benzene rings is 1. The van der Waals surface area contributed by atoms with Crippen LogP contribution in [-0.2, 0) is 29.3 Å². The van der Waals surface area contributed by atoms with Crippen molar-refractivity contribution in [3.63, 3.8) is 0 Å². The second-order valence-corrected chi connectivity index (χ2v) is 4.20. The van der Waals surface area contributed by atoms with E-state index in [-0.39, 0.29) is 17.1 Å². The fraction of sp³-hybridized carbons (Fsp3) is 0.0714. The molecule has 0 bridgehead atoms. The van der Waals surface area contributed by atoms with Gasteiger partial charge in [0.15, 0.2) is 12.2 Å². The molecule has 2 rings (SSSR count). The van der Waals surface area contributed by atoms with Gasteiger partial charge >= 0.3 is 17.1 Å². The van der Waals surface area contributed by atoms with Crippen LogP contribution in [0, 0.1) is 0 Å². The van der Waals surface area contributed by atoms with E-state index >= 15 is 0 Å². The normalized spacial score (nSPS) is 9.76. The van der Waals surface area contributed by atoms with Crippen LogP contribution in [0.15, 0.2) is 53.8 Å². The number of ether oxygens (including phenoxy) is 1. The van der Waals surface area contributed by atoms with Crippen molar-refractivity contribution in [2.24, 2.45) is 5.10 Å². The Morgan fingerprint density at radius 1 is 1.29 bits per heavy atom. The smallest absolute Gasteiger partial charge is 0.510 e. The number of nitrogens with zero attached hydrogens (tertiary/aromatic N) is 3. The zero-order valence-electron chi connectivity index (χ0n) is 11.2. The molecule has 21 heavy (non-hydrogen) atoms. The Balaban J connectivity index is 0.00000220. The van der Waals surface area contributed by atoms with Crippen molar-refractivity contribution in [1.29, 1.82) is 0 Å². The maximum absolute atomic E-state index is 5.08. The molecule has 5 nitrogen and oxygen atoms in total. The number of hydrogen-bond acceptors (Lipinski definition) is 3. The Labute approximate surface area is 139 Å². The van der Waals surface area contributed by atoms with Gasteiger partial charge in [-0.15, -0.1) is 0 Å². The summed E-state index contributed by atoms with van der Waals surface area (Å²) in [5.41, 5.74) is 5.52. The standard InChI is InChI=1S/C14H14N4OS.Cu/c1-19-13-7-5-11(6-8-13)17-14(20)18-16-10-12-4-2-3-9-15-12;/h2-10H,1H3,(H2,15,17,18,20);/q;+2. The van der Waals surface area contributed by atoms with Crippen LogP contribution in [0.3, 0.4) is 0 Å². The van der Waals surface area contributed by atoms with Crippen LogP contribution in [0.2, 0.25) is 0 Å². The zero-order valence-corrected chi connectivity index (χ0v) is 13.0. The Morgan fingerprint density at radius 3 is 2.67 bits per heavy atom. The molecule has 0 spiro atoms. The monoisotopic (exact) mass is 349 g/mol. The Morgan fingerprint density at radius 2 is 2.05 bits per heavy atom. The van der Waals surface area contributed by atoms with Gasteiger partial charge in [0, 0.05) is 18.1 Å². The fourth-order valence-corrected chi connectivity index (χ4v) is 1.60. The van der Waals surface area contributed by atoms with E-state index in [1.807, 2.05) is 42.5 Å². The summed E-state index contributed by atoms with van der Waals surface area (Å²) in [6, 6.07) is 13.0. The summed E-state index contributed by atoms with van der Waals surface area (Å²) < 4.78 is 5.08. The third-order valence-electron chi connectivity index (χ3n) is 2.38. The molecule has 1 aromatic carbocycles. The molecule has 0 amide bonds. The van der Waals surface area contributed by atoms with Crippen LogP contribution < -0.4 is 10.1 Å². The van der Waals surface area contributed by atoms with Gasteiger partial charge in [-0.1, -0.05) is 6.07 Å². The predicted octanol–water partition coefficient (Wildman–Crippen LogP) is 2.27. The third-order valence-corrected chi connectivity index (χ3v) is 2.58. The molecule has 111 valence electrons. The molecule has 0 fully saturated rings. The average Bonchev–Trinajstić information content (AvgIpc) is 2.49. The first-order valence-corrected chi connectivity index (χ1v) is 6.35. The first kappa shape index (κ1) is 17.1. The van der Waals surface area contributed by atoms with E-state index in [2.05, 4.69) is 33.0 Å². The van der Waals surface area contributed by atoms with Crippen LogP contribution in [0.4, 0.5) is 5.69 Å². The van der Waals surface area contributed by atoms with Gasteiger partial charge in [0.25, 0.3) is 0 Å². The van der Waals surface area contributed by atoms with Gasteiger partial charge < -0.3 is 20.6 Å². The van der Waals surface area contributed by atoms with Crippen LogP contribution in [0.1, 0.15) is 5.69 Å². The van der Waals surface area contributed by atoms with Gasteiger partial charge in [-0.3, -0.25) is 4.98 Å². The van der Waals surface area contributed by atoms with Crippen molar-refractivity contribution in [1.82, 2.24) is 4.98 Å². The van der Waals surface area contributed by atoms with Crippen molar-refractivity contribution >= 4 is 29.2 Å². The second-order valence-electron chi connectivity index (χ2n) is 3.78. The van der Waals surface area contributed by atoms with Crippen molar-refractivity contribution in [3.8, 4) is 5.75 Å². The van der Waals surface area contributed by atoms with Gasteiger partial charge in [0.2, 0.25) is 5.11 Å². The quantitative estimate of drug-likeness (QED) is 0.230. The molecule has 1 N–H and O–H groups in total. The van der Waals surface area contributed by atoms with Gasteiger partial charge in [0.05, 0.1) is 12.8 Å². The maximum atomic E-state index is 5.08. The Kier molecular flexibility index (Phi) is 7.39. The molecule has 0 atom stereocenters. The molecule has 0 unspecified atom stereocenters. The molecule has 0 saturated carbocycles. The number of thiol groups is 1. The van der Waals surface area contributed by atoms with E-state index in [4.69, 9.17) is 4.74 Å². The van der Waals surface area contributed by atoms with Crippen LogP contribution >= 0.6 is 0 Å². The van der Waals surface area contributed by atoms with E-state index in [1.54, 1.807) is 19.5 Å². The van der Waals surface area contributed by atoms with Crippen molar-refractivity contribution in [2.45, 2.75) is 0 Å². The Bertz CT molecular complexity index is 590. The van der Waals surface area contributed by atoms with E-state index in [1.165, 1.54) is 0 Å². The first-order valence-electron chi connectivity index (χ1n) is 5.90. The summed E-state index contributed by atoms with van der Waals surface area (Å²) in [5.74, 6) is 0.793. The third kappa shape index (κ3) is 5.91. The van der Waals surface area contributed by atoms with Crippen molar-refractivity contribution in [3.05, 3.63) is 59.8 Å². The van der Waals surface area contributed by atoms with Crippen LogP contribution in [0.5, 0.6) is 5.75 Å². The summed E-state index contributed by atoms with van der Waals surface area (Å²) in [7, 11) is 1.63. The molecule has 1 aromatic heterocycles. The minimum absolute atomic E-state index is 0. The summed E-state index contributed by atoms with van der Waals surface area (Å²) in [5, 5.41) is 7.30. The number of rotatable bonds is 4. The van der Waals surface area contributed by atoms with Crippen LogP contribution in [-0.4, -0.2) is 23.4 Å². The van der Waals surface area contributed by atoms with E-state index < -0.39 is 0 Å². The fourth-order valence-electron chi connectivity index (χ4n) is 1.42. The number of hydrogen-bond donors (Lipinski definition) is 1. The topological polar surface area (TPSA) is 60.6 Å². The Hall–Kier alpha value is -1.95. The number of pyridine rings is 1. The SMILES string of the molecule is COc1ccc(NC(=[SH+])[N-]N=Cc2ccccn2)cc1.[Cu+2]. The molecule has 2 aromatic rings. The minimum atomic E-state index is 0. The minimum Gasteiger partial charge on any atom is -0.510 e. The average molecular weight is 350 g/mol. The summed E-state index contributed by atoms with van der Waals surface area (Å²) in [4.78, 5) is 4.10. The molecule has 0 aliphatic heterocycles. The molecule has 0 saturated heterocycles. The number of anilines is 1. The predicted molar refractivity (Wildman–Crippen MR) is 85.6 cm³/mol. The first-order chi connectivity index (χ1) is 9.78. The number of methoxy groups -OCH3 is 1. The van der Waals surface area contributed by atoms with Gasteiger partial charge in [-0.05, 0) is 36.4 Å². The van der Waals surface area contributed by atoms with E-state index in [9.17, 15) is 0 Å². The largest absolute Gasteiger partial charge is 2.00 e. The maximum Gasteiger partial charge on any atom is 2.00 e. The van der Waals surface area contributed by atoms with Gasteiger partial charge in [0.1, 0.15) is 5.75 Å². The summed E-state index contributed by atoms with van der Waals surface area (Å²) >= 11 is 4.21. The summed E-state index contributed by atoms with van der Waals surface area (Å²) in [6.45, 7) is 0. The van der Waals surface area contributed by atoms with E-state index in [0.717, 1.165) is 17.1 Å². The molecule has 1 heterocycles. The molecule has 0 aliphatic carbocycles. The second kappa shape index (κ2) is 9.07. The summed E-state index contributed by atoms with van der Waals surface area (Å²) in [6.07, 6.45) is 3.26. The number of nitrogens with one attached hydrogen (secondary N) is 1. The molecule has 7 heteroatoms. The number of aromatic nitrogens is 1. The molecule has 0 aliphatic rings. The molecule has 1 radical (unpaired) electrons. The van der Waals surface area contributed by atoms with Gasteiger partial charge in [-0.2, -0.15) is 0 Å². The van der Waals surface area contributed by atoms with Gasteiger partial charge in [-0.25, -0.2) is 0 Å². The zero-order chi connectivity index (χ0) is 14.2. The molecular formula is C14H14CuN4OS+2. The molecular weight excluding hydrogens is 336 g/mol. The van der Waals surface area contributed by atoms with Crippen molar-refractivity contribution < 1.29 is 21.8 Å². The van der Waals surface area contributed by atoms with Crippen molar-refractivity contribution in [2.75, 3.05) is 12.4 Å². The van der Waals surface area contributed by atoms with Crippen LogP contribution in [0.25, 0.3) is 5.43 Å². The van der Waals surface area contributed by atoms with E-state index in [0.29, 0.717) is 5.11 Å².